The molecule has 0 aromatic heterocycles. The Morgan fingerprint density at radius 3 is 2.18 bits per heavy atom. The molecule has 0 saturated heterocycles. The molecule has 0 fully saturated rings. The van der Waals surface area contributed by atoms with Crippen molar-refractivity contribution in [2.45, 2.75) is 59.8 Å². The molecule has 0 aliphatic rings. The molecule has 22 heavy (non-hydrogen) atoms. The van der Waals surface area contributed by atoms with Crippen LogP contribution < -0.4 is 0 Å². The maximum atomic E-state index is 10.8. The van der Waals surface area contributed by atoms with Gasteiger partial charge in [-0.1, -0.05) is 53.2 Å². The fraction of sp³-hybridized carbons (Fsp3) is 0.667. The van der Waals surface area contributed by atoms with Gasteiger partial charge in [0.15, 0.2) is 0 Å². The Labute approximate surface area is 135 Å². The molecule has 0 spiro atoms. The van der Waals surface area contributed by atoms with Crippen molar-refractivity contribution in [1.29, 1.82) is 0 Å². The predicted molar refractivity (Wildman–Crippen MR) is 90.5 cm³/mol. The van der Waals surface area contributed by atoms with Crippen LogP contribution in [0.25, 0.3) is 0 Å². The summed E-state index contributed by atoms with van der Waals surface area (Å²) in [7, 11) is 0. The number of esters is 2. The van der Waals surface area contributed by atoms with Gasteiger partial charge in [-0.3, -0.25) is 0 Å². The van der Waals surface area contributed by atoms with Crippen LogP contribution in [0.4, 0.5) is 0 Å². The minimum atomic E-state index is -0.310. The van der Waals surface area contributed by atoms with E-state index in [0.717, 1.165) is 12.8 Å². The molecule has 4 nitrogen and oxygen atoms in total. The lowest BCUT2D eigenvalue weighted by Crippen LogP contribution is -2.12. The highest BCUT2D eigenvalue weighted by Gasteiger charge is 2.07. The van der Waals surface area contributed by atoms with E-state index >= 15 is 0 Å². The zero-order valence-corrected chi connectivity index (χ0v) is 14.7. The molecule has 0 saturated carbocycles. The number of hydrogen-bond donors (Lipinski definition) is 0. The Morgan fingerprint density at radius 1 is 1.14 bits per heavy atom. The topological polar surface area (TPSA) is 52.6 Å². The van der Waals surface area contributed by atoms with Crippen LogP contribution in [-0.2, 0) is 19.1 Å². The van der Waals surface area contributed by atoms with E-state index in [0.29, 0.717) is 31.1 Å². The van der Waals surface area contributed by atoms with E-state index in [9.17, 15) is 9.59 Å². The number of rotatable bonds is 10. The third-order valence-corrected chi connectivity index (χ3v) is 3.16. The van der Waals surface area contributed by atoms with Gasteiger partial charge in [-0.2, -0.15) is 0 Å². The summed E-state index contributed by atoms with van der Waals surface area (Å²) in [5.74, 6) is -0.0706. The summed E-state index contributed by atoms with van der Waals surface area (Å²) >= 11 is 0. The molecule has 0 aliphatic carbocycles. The van der Waals surface area contributed by atoms with Crippen molar-refractivity contribution in [3.8, 4) is 0 Å². The highest BCUT2D eigenvalue weighted by Crippen LogP contribution is 2.12. The lowest BCUT2D eigenvalue weighted by molar-refractivity contribution is -0.139. The largest absolute Gasteiger partial charge is 0.463 e. The van der Waals surface area contributed by atoms with E-state index in [2.05, 4.69) is 31.7 Å². The smallest absolute Gasteiger partial charge is 0.333 e. The molecule has 1 unspecified atom stereocenters. The number of ether oxygens (including phenoxy) is 2. The number of hydrogen-bond acceptors (Lipinski definition) is 4. The van der Waals surface area contributed by atoms with Gasteiger partial charge in [0, 0.05) is 11.6 Å². The number of carbonyl (C=O) groups is 2. The quantitative estimate of drug-likeness (QED) is 0.442. The van der Waals surface area contributed by atoms with Gasteiger partial charge < -0.3 is 9.47 Å². The molecule has 0 aromatic carbocycles. The van der Waals surface area contributed by atoms with Crippen molar-refractivity contribution in [2.75, 3.05) is 13.2 Å². The van der Waals surface area contributed by atoms with E-state index < -0.39 is 0 Å². The minimum Gasteiger partial charge on any atom is -0.463 e. The van der Waals surface area contributed by atoms with E-state index in [-0.39, 0.29) is 11.9 Å². The Balaban J connectivity index is 0. The predicted octanol–water partition coefficient (Wildman–Crippen LogP) is 4.45. The molecular weight excluding hydrogens is 280 g/mol. The van der Waals surface area contributed by atoms with Crippen LogP contribution in [0.3, 0.4) is 0 Å². The third kappa shape index (κ3) is 13.4. The second-order valence-electron chi connectivity index (χ2n) is 4.93. The summed E-state index contributed by atoms with van der Waals surface area (Å²) in [6, 6.07) is 0. The Bertz CT molecular complexity index is 334. The lowest BCUT2D eigenvalue weighted by Gasteiger charge is -2.13. The SMILES string of the molecule is C=C(CC)C(=O)OCC.C=CC(=O)OCC(CC)CCCC. The normalized spacial score (nSPS) is 10.7. The van der Waals surface area contributed by atoms with Crippen molar-refractivity contribution in [1.82, 2.24) is 0 Å². The summed E-state index contributed by atoms with van der Waals surface area (Å²) in [4.78, 5) is 21.4. The van der Waals surface area contributed by atoms with Crippen LogP contribution in [-0.4, -0.2) is 25.2 Å². The zero-order chi connectivity index (χ0) is 17.4. The molecule has 0 aromatic rings. The zero-order valence-electron chi connectivity index (χ0n) is 14.7. The monoisotopic (exact) mass is 312 g/mol. The van der Waals surface area contributed by atoms with Crippen molar-refractivity contribution in [2.24, 2.45) is 5.92 Å². The van der Waals surface area contributed by atoms with E-state index in [1.54, 1.807) is 6.92 Å². The van der Waals surface area contributed by atoms with Gasteiger partial charge in [0.05, 0.1) is 13.2 Å². The molecule has 0 N–H and O–H groups in total. The van der Waals surface area contributed by atoms with Crippen LogP contribution in [0, 0.1) is 5.92 Å². The van der Waals surface area contributed by atoms with Crippen molar-refractivity contribution < 1.29 is 19.1 Å². The first-order chi connectivity index (χ1) is 10.5. The van der Waals surface area contributed by atoms with Crippen LogP contribution in [0.1, 0.15) is 59.8 Å². The molecule has 0 radical (unpaired) electrons. The fourth-order valence-corrected chi connectivity index (χ4v) is 1.53. The van der Waals surface area contributed by atoms with Gasteiger partial charge in [0.1, 0.15) is 0 Å². The van der Waals surface area contributed by atoms with E-state index in [1.807, 2.05) is 6.92 Å². The Kier molecular flexibility index (Phi) is 16.3. The molecule has 1 atom stereocenters. The molecule has 0 amide bonds. The average Bonchev–Trinajstić information content (AvgIpc) is 2.54. The first-order valence-corrected chi connectivity index (χ1v) is 8.10. The third-order valence-electron chi connectivity index (χ3n) is 3.16. The van der Waals surface area contributed by atoms with Gasteiger partial charge in [-0.25, -0.2) is 9.59 Å². The van der Waals surface area contributed by atoms with Gasteiger partial charge in [-0.15, -0.1) is 0 Å². The molecule has 128 valence electrons. The summed E-state index contributed by atoms with van der Waals surface area (Å²) in [6.07, 6.45) is 6.52. The van der Waals surface area contributed by atoms with Crippen LogP contribution >= 0.6 is 0 Å². The number of carbonyl (C=O) groups excluding carboxylic acids is 2. The van der Waals surface area contributed by atoms with E-state index in [1.165, 1.54) is 18.9 Å². The highest BCUT2D eigenvalue weighted by atomic mass is 16.5. The first-order valence-electron chi connectivity index (χ1n) is 8.10. The van der Waals surface area contributed by atoms with E-state index in [4.69, 9.17) is 4.74 Å². The second kappa shape index (κ2) is 15.8. The average molecular weight is 312 g/mol. The Hall–Kier alpha value is -1.58. The van der Waals surface area contributed by atoms with Crippen molar-refractivity contribution >= 4 is 11.9 Å². The van der Waals surface area contributed by atoms with Crippen molar-refractivity contribution in [3.05, 3.63) is 24.8 Å². The summed E-state index contributed by atoms with van der Waals surface area (Å²) in [5, 5.41) is 0. The Morgan fingerprint density at radius 2 is 1.77 bits per heavy atom. The highest BCUT2D eigenvalue weighted by molar-refractivity contribution is 5.87. The summed E-state index contributed by atoms with van der Waals surface area (Å²) in [6.45, 7) is 15.8. The molecule has 0 rings (SSSR count). The fourth-order valence-electron chi connectivity index (χ4n) is 1.53. The van der Waals surface area contributed by atoms with Gasteiger partial charge in [0.25, 0.3) is 0 Å². The summed E-state index contributed by atoms with van der Waals surface area (Å²) < 4.78 is 9.64. The van der Waals surface area contributed by atoms with Crippen LogP contribution in [0.5, 0.6) is 0 Å². The second-order valence-corrected chi connectivity index (χ2v) is 4.93. The maximum Gasteiger partial charge on any atom is 0.333 e. The molecule has 0 heterocycles. The first kappa shape index (κ1) is 22.7. The molecule has 0 aliphatic heterocycles. The minimum absolute atomic E-state index is 0.278. The molecule has 0 bridgehead atoms. The lowest BCUT2D eigenvalue weighted by atomic mass is 10.0. The molecule has 4 heteroatoms. The van der Waals surface area contributed by atoms with Crippen molar-refractivity contribution in [3.63, 3.8) is 0 Å². The number of unbranched alkanes of at least 4 members (excludes halogenated alkanes) is 1. The van der Waals surface area contributed by atoms with Gasteiger partial charge >= 0.3 is 11.9 Å². The summed E-state index contributed by atoms with van der Waals surface area (Å²) in [5.41, 5.74) is 0.539. The molecular formula is C18H32O4. The van der Waals surface area contributed by atoms with Gasteiger partial charge in [0.2, 0.25) is 0 Å². The van der Waals surface area contributed by atoms with Crippen LogP contribution in [0.15, 0.2) is 24.8 Å². The van der Waals surface area contributed by atoms with Crippen LogP contribution in [0.2, 0.25) is 0 Å². The standard InChI is InChI=1S/C11H20O2.C7H12O2/c1-4-7-8-10(5-2)9-13-11(12)6-3;1-4-6(3)7(8)9-5-2/h6,10H,3-5,7-9H2,1-2H3;3-5H2,1-2H3. The maximum absolute atomic E-state index is 10.8. The van der Waals surface area contributed by atoms with Gasteiger partial charge in [-0.05, 0) is 25.7 Å².